The summed E-state index contributed by atoms with van der Waals surface area (Å²) >= 11 is 2.29. The number of nitrogens with one attached hydrogen (secondary N) is 2. The molecule has 4 N–H and O–H groups in total. The second-order valence-electron chi connectivity index (χ2n) is 9.85. The lowest BCUT2D eigenvalue weighted by molar-refractivity contribution is -0.0384. The van der Waals surface area contributed by atoms with Gasteiger partial charge in [0.15, 0.2) is 29.3 Å². The predicted octanol–water partition coefficient (Wildman–Crippen LogP) is 0.785. The van der Waals surface area contributed by atoms with Crippen molar-refractivity contribution < 1.29 is 19.7 Å². The number of benzene rings is 1. The number of fused-ring (bicyclic) bond motifs is 1. The predicted molar refractivity (Wildman–Crippen MR) is 156 cm³/mol. The van der Waals surface area contributed by atoms with Gasteiger partial charge in [0.2, 0.25) is 11.8 Å². The Hall–Kier alpha value is -3.03. The fraction of sp³-hybridized carbons (Fsp3) is 0.520. The van der Waals surface area contributed by atoms with E-state index in [4.69, 9.17) is 19.4 Å². The fourth-order valence-corrected chi connectivity index (χ4v) is 5.50. The number of aryl methyl sites for hydroxylation is 1. The van der Waals surface area contributed by atoms with E-state index in [1.54, 1.807) is 4.57 Å². The molecule has 2 aliphatic rings. The smallest absolute Gasteiger partial charge is 0.226 e. The largest absolute Gasteiger partial charge is 0.387 e. The molecule has 0 radical (unpaired) electrons. The molecule has 0 amide bonds. The summed E-state index contributed by atoms with van der Waals surface area (Å²) in [5.41, 5.74) is 2.05. The van der Waals surface area contributed by atoms with Crippen LogP contribution < -0.4 is 10.6 Å². The van der Waals surface area contributed by atoms with Crippen LogP contribution in [0.1, 0.15) is 30.6 Å². The molecule has 2 aliphatic heterocycles. The van der Waals surface area contributed by atoms with Gasteiger partial charge in [0, 0.05) is 36.3 Å². The van der Waals surface area contributed by atoms with Crippen molar-refractivity contribution in [2.24, 2.45) is 0 Å². The average Bonchev–Trinajstić information content (AvgIpc) is 3.70. The zero-order chi connectivity index (χ0) is 28.3. The first-order valence-corrected chi connectivity index (χ1v) is 14.6. The van der Waals surface area contributed by atoms with Gasteiger partial charge in [-0.3, -0.25) is 9.47 Å². The third-order valence-corrected chi connectivity index (χ3v) is 7.77. The molecule has 41 heavy (non-hydrogen) atoms. The number of halogens is 1. The van der Waals surface area contributed by atoms with Crippen LogP contribution in [-0.2, 0) is 22.6 Å². The number of nitrogens with zero attached hydrogens (tertiary/aromatic N) is 9. The Morgan fingerprint density at radius 1 is 1.12 bits per heavy atom. The summed E-state index contributed by atoms with van der Waals surface area (Å²) in [5.74, 6) is 1.15. The number of aromatic nitrogens is 8. The minimum absolute atomic E-state index is 0.199. The van der Waals surface area contributed by atoms with Crippen LogP contribution in [0, 0.1) is 3.57 Å². The SMILES string of the molecule is CCn1nnc([C@H]2O[C@@H](n3cnc4c(NCc5cccc(I)c5)nc(NCCN5CCOCC5)nc43)[C@H](O)[C@@H]2O)n1. The van der Waals surface area contributed by atoms with Gasteiger partial charge in [-0.05, 0) is 52.4 Å². The summed E-state index contributed by atoms with van der Waals surface area (Å²) in [6, 6.07) is 8.19. The van der Waals surface area contributed by atoms with Gasteiger partial charge in [-0.15, -0.1) is 10.2 Å². The summed E-state index contributed by atoms with van der Waals surface area (Å²) in [6.45, 7) is 7.62. The van der Waals surface area contributed by atoms with Crippen molar-refractivity contribution in [3.05, 3.63) is 45.6 Å². The van der Waals surface area contributed by atoms with Crippen molar-refractivity contribution in [1.82, 2.24) is 44.6 Å². The van der Waals surface area contributed by atoms with Crippen molar-refractivity contribution in [3.63, 3.8) is 0 Å². The van der Waals surface area contributed by atoms with Crippen molar-refractivity contribution in [2.75, 3.05) is 50.0 Å². The number of hydrogen-bond donors (Lipinski definition) is 4. The Balaban J connectivity index is 1.28. The van der Waals surface area contributed by atoms with Gasteiger partial charge in [0.25, 0.3) is 0 Å². The summed E-state index contributed by atoms with van der Waals surface area (Å²) in [5, 5.41) is 40.7. The lowest BCUT2D eigenvalue weighted by Gasteiger charge is -2.26. The first-order chi connectivity index (χ1) is 20.0. The topological polar surface area (TPSA) is 173 Å². The van der Waals surface area contributed by atoms with E-state index in [0.29, 0.717) is 42.6 Å². The van der Waals surface area contributed by atoms with Crippen molar-refractivity contribution >= 4 is 45.5 Å². The maximum atomic E-state index is 11.0. The lowest BCUT2D eigenvalue weighted by Crippen LogP contribution is -2.39. The van der Waals surface area contributed by atoms with E-state index >= 15 is 0 Å². The van der Waals surface area contributed by atoms with E-state index in [9.17, 15) is 10.2 Å². The van der Waals surface area contributed by atoms with Crippen molar-refractivity contribution in [2.45, 2.75) is 44.6 Å². The van der Waals surface area contributed by atoms with Crippen LogP contribution in [-0.4, -0.2) is 106 Å². The maximum absolute atomic E-state index is 11.0. The van der Waals surface area contributed by atoms with Crippen LogP contribution in [0.4, 0.5) is 11.8 Å². The molecular formula is C25H32IN11O4. The molecule has 2 fully saturated rings. The molecule has 4 aromatic rings. The van der Waals surface area contributed by atoms with E-state index in [1.807, 2.05) is 25.1 Å². The Morgan fingerprint density at radius 2 is 1.98 bits per heavy atom. The molecule has 5 heterocycles. The van der Waals surface area contributed by atoms with Gasteiger partial charge in [0.05, 0.1) is 26.1 Å². The van der Waals surface area contributed by atoms with Crippen LogP contribution in [0.2, 0.25) is 0 Å². The van der Waals surface area contributed by atoms with Gasteiger partial charge in [0.1, 0.15) is 12.2 Å². The van der Waals surface area contributed by atoms with E-state index in [-0.39, 0.29) is 5.82 Å². The van der Waals surface area contributed by atoms with Crippen molar-refractivity contribution in [1.29, 1.82) is 0 Å². The number of imidazole rings is 1. The highest BCUT2D eigenvalue weighted by Gasteiger charge is 2.47. The molecule has 6 rings (SSSR count). The standard InChI is InChI=1S/C25H32IN11O4/c1-2-37-33-22(32-34-37)20-18(38)19(39)24(41-20)36-14-29-17-21(28-13-15-4-3-5-16(26)12-15)30-25(31-23(17)36)27-6-7-35-8-10-40-11-9-35/h3-5,12,14,18-20,24,38-39H,2,6-11,13H2,1H3,(H2,27,28,30,31)/t18-,19+,20-,24+/m0/s1. The highest BCUT2D eigenvalue weighted by atomic mass is 127. The average molecular weight is 678 g/mol. The van der Waals surface area contributed by atoms with E-state index < -0.39 is 24.5 Å². The minimum atomic E-state index is -1.28. The van der Waals surface area contributed by atoms with Crippen LogP contribution in [0.5, 0.6) is 0 Å². The monoisotopic (exact) mass is 677 g/mol. The number of anilines is 2. The molecule has 0 saturated carbocycles. The maximum Gasteiger partial charge on any atom is 0.226 e. The molecule has 3 aromatic heterocycles. The van der Waals surface area contributed by atoms with Gasteiger partial charge >= 0.3 is 0 Å². The zero-order valence-corrected chi connectivity index (χ0v) is 24.6. The van der Waals surface area contributed by atoms with Gasteiger partial charge < -0.3 is 30.3 Å². The van der Waals surface area contributed by atoms with Gasteiger partial charge in [-0.2, -0.15) is 14.8 Å². The molecular weight excluding hydrogens is 645 g/mol. The molecule has 4 atom stereocenters. The van der Waals surface area contributed by atoms with Gasteiger partial charge in [-0.25, -0.2) is 4.98 Å². The first kappa shape index (κ1) is 28.1. The number of aliphatic hydroxyl groups is 2. The Bertz CT molecular complexity index is 1480. The molecule has 1 aromatic carbocycles. The van der Waals surface area contributed by atoms with E-state index in [0.717, 1.165) is 42.0 Å². The molecule has 218 valence electrons. The number of hydrogen-bond acceptors (Lipinski definition) is 13. The number of ether oxygens (including phenoxy) is 2. The quantitative estimate of drug-likeness (QED) is 0.174. The van der Waals surface area contributed by atoms with E-state index in [1.165, 1.54) is 11.1 Å². The van der Waals surface area contributed by atoms with Crippen molar-refractivity contribution in [3.8, 4) is 0 Å². The summed E-state index contributed by atoms with van der Waals surface area (Å²) < 4.78 is 14.3. The number of rotatable bonds is 10. The van der Waals surface area contributed by atoms with Crippen LogP contribution in [0.25, 0.3) is 11.2 Å². The Morgan fingerprint density at radius 3 is 2.76 bits per heavy atom. The number of aliphatic hydroxyl groups excluding tert-OH is 2. The first-order valence-electron chi connectivity index (χ1n) is 13.6. The van der Waals surface area contributed by atoms with E-state index in [2.05, 4.69) is 64.6 Å². The molecule has 0 spiro atoms. The third-order valence-electron chi connectivity index (χ3n) is 7.10. The van der Waals surface area contributed by atoms with Crippen LogP contribution in [0.15, 0.2) is 30.6 Å². The molecule has 0 unspecified atom stereocenters. The molecule has 0 bridgehead atoms. The zero-order valence-electron chi connectivity index (χ0n) is 22.5. The molecule has 0 aliphatic carbocycles. The minimum Gasteiger partial charge on any atom is -0.387 e. The summed E-state index contributed by atoms with van der Waals surface area (Å²) in [6.07, 6.45) is -2.95. The van der Waals surface area contributed by atoms with Gasteiger partial charge in [-0.1, -0.05) is 12.1 Å². The summed E-state index contributed by atoms with van der Waals surface area (Å²) in [7, 11) is 0. The normalized spacial score (nSPS) is 23.3. The molecule has 16 heteroatoms. The Labute approximate surface area is 249 Å². The fourth-order valence-electron chi connectivity index (χ4n) is 4.89. The second-order valence-corrected chi connectivity index (χ2v) is 11.1. The Kier molecular flexibility index (Phi) is 8.54. The number of tetrazole rings is 1. The molecule has 15 nitrogen and oxygen atoms in total. The summed E-state index contributed by atoms with van der Waals surface area (Å²) in [4.78, 5) is 17.8. The molecule has 2 saturated heterocycles. The highest BCUT2D eigenvalue weighted by molar-refractivity contribution is 14.1. The highest BCUT2D eigenvalue weighted by Crippen LogP contribution is 2.39. The van der Waals surface area contributed by atoms with Crippen LogP contribution in [0.3, 0.4) is 0 Å². The third kappa shape index (κ3) is 6.12. The van der Waals surface area contributed by atoms with Crippen LogP contribution >= 0.6 is 22.6 Å². The second kappa shape index (κ2) is 12.5. The number of morpholine rings is 1. The lowest BCUT2D eigenvalue weighted by atomic mass is 10.1.